The summed E-state index contributed by atoms with van der Waals surface area (Å²) in [4.78, 5) is 4.16. The highest BCUT2D eigenvalue weighted by molar-refractivity contribution is 5.20. The maximum atomic E-state index is 13.4. The van der Waals surface area contributed by atoms with Gasteiger partial charge in [-0.05, 0) is 18.6 Å². The summed E-state index contributed by atoms with van der Waals surface area (Å²) >= 11 is 0. The van der Waals surface area contributed by atoms with E-state index in [-0.39, 0.29) is 11.9 Å². The summed E-state index contributed by atoms with van der Waals surface area (Å²) < 4.78 is 18.4. The van der Waals surface area contributed by atoms with Crippen molar-refractivity contribution in [1.29, 1.82) is 0 Å². The molecule has 0 saturated heterocycles. The SMILES string of the molecule is CC(N)Cc1nc(Cc2ccccc2F)no1. The predicted octanol–water partition coefficient (Wildman–Crippen LogP) is 1.69. The van der Waals surface area contributed by atoms with Crippen LogP contribution in [-0.2, 0) is 12.8 Å². The van der Waals surface area contributed by atoms with Crippen molar-refractivity contribution in [3.05, 3.63) is 47.4 Å². The Hall–Kier alpha value is -1.75. The first-order valence-corrected chi connectivity index (χ1v) is 5.45. The van der Waals surface area contributed by atoms with E-state index in [0.29, 0.717) is 30.1 Å². The minimum Gasteiger partial charge on any atom is -0.339 e. The lowest BCUT2D eigenvalue weighted by Crippen LogP contribution is -2.17. The molecule has 0 saturated carbocycles. The normalized spacial score (nSPS) is 12.6. The van der Waals surface area contributed by atoms with Gasteiger partial charge in [0.05, 0.1) is 0 Å². The van der Waals surface area contributed by atoms with Crippen LogP contribution in [0.1, 0.15) is 24.2 Å². The standard InChI is InChI=1S/C12H14FN3O/c1-8(14)6-12-15-11(16-17-12)7-9-4-2-3-5-10(9)13/h2-5,8H,6-7,14H2,1H3. The first kappa shape index (κ1) is 11.7. The maximum Gasteiger partial charge on any atom is 0.228 e. The molecule has 0 amide bonds. The molecular formula is C12H14FN3O. The Morgan fingerprint density at radius 2 is 2.18 bits per heavy atom. The number of nitrogens with two attached hydrogens (primary N) is 1. The lowest BCUT2D eigenvalue weighted by Gasteiger charge is -1.98. The molecule has 2 rings (SSSR count). The van der Waals surface area contributed by atoms with Gasteiger partial charge in [0, 0.05) is 18.9 Å². The second-order valence-corrected chi connectivity index (χ2v) is 4.05. The highest BCUT2D eigenvalue weighted by atomic mass is 19.1. The fourth-order valence-electron chi connectivity index (χ4n) is 1.53. The maximum absolute atomic E-state index is 13.4. The van der Waals surface area contributed by atoms with Crippen LogP contribution in [0.5, 0.6) is 0 Å². The fraction of sp³-hybridized carbons (Fsp3) is 0.333. The smallest absolute Gasteiger partial charge is 0.228 e. The lowest BCUT2D eigenvalue weighted by molar-refractivity contribution is 0.367. The summed E-state index contributed by atoms with van der Waals surface area (Å²) in [5.41, 5.74) is 6.18. The topological polar surface area (TPSA) is 64.9 Å². The van der Waals surface area contributed by atoms with Gasteiger partial charge in [-0.2, -0.15) is 4.98 Å². The monoisotopic (exact) mass is 235 g/mol. The van der Waals surface area contributed by atoms with Crippen LogP contribution in [0.15, 0.2) is 28.8 Å². The van der Waals surface area contributed by atoms with Crippen LogP contribution >= 0.6 is 0 Å². The summed E-state index contributed by atoms with van der Waals surface area (Å²) in [6, 6.07) is 6.52. The molecule has 2 aromatic rings. The van der Waals surface area contributed by atoms with E-state index in [1.165, 1.54) is 6.07 Å². The van der Waals surface area contributed by atoms with E-state index in [9.17, 15) is 4.39 Å². The quantitative estimate of drug-likeness (QED) is 0.875. The molecule has 0 aliphatic carbocycles. The van der Waals surface area contributed by atoms with Crippen LogP contribution in [-0.4, -0.2) is 16.2 Å². The molecule has 1 unspecified atom stereocenters. The van der Waals surface area contributed by atoms with Crippen molar-refractivity contribution in [2.45, 2.75) is 25.8 Å². The summed E-state index contributed by atoms with van der Waals surface area (Å²) in [7, 11) is 0. The van der Waals surface area contributed by atoms with Crippen LogP contribution in [0.25, 0.3) is 0 Å². The number of nitrogens with zero attached hydrogens (tertiary/aromatic N) is 2. The van der Waals surface area contributed by atoms with E-state index < -0.39 is 0 Å². The molecule has 0 aliphatic rings. The average Bonchev–Trinajstić information content (AvgIpc) is 2.68. The fourth-order valence-corrected chi connectivity index (χ4v) is 1.53. The van der Waals surface area contributed by atoms with Crippen LogP contribution in [0.2, 0.25) is 0 Å². The van der Waals surface area contributed by atoms with Gasteiger partial charge < -0.3 is 10.3 Å². The summed E-state index contributed by atoms with van der Waals surface area (Å²) in [6.07, 6.45) is 0.861. The van der Waals surface area contributed by atoms with Crippen molar-refractivity contribution >= 4 is 0 Å². The minimum atomic E-state index is -0.258. The van der Waals surface area contributed by atoms with Crippen LogP contribution in [0, 0.1) is 5.82 Å². The van der Waals surface area contributed by atoms with Crippen molar-refractivity contribution in [1.82, 2.24) is 10.1 Å². The van der Waals surface area contributed by atoms with Gasteiger partial charge in [0.15, 0.2) is 5.82 Å². The molecule has 5 heteroatoms. The minimum absolute atomic E-state index is 0.0308. The molecule has 0 bridgehead atoms. The first-order chi connectivity index (χ1) is 8.15. The zero-order chi connectivity index (χ0) is 12.3. The van der Waals surface area contributed by atoms with Gasteiger partial charge in [-0.15, -0.1) is 0 Å². The Kier molecular flexibility index (Phi) is 3.49. The number of halogens is 1. The molecule has 17 heavy (non-hydrogen) atoms. The molecule has 90 valence electrons. The largest absolute Gasteiger partial charge is 0.339 e. The van der Waals surface area contributed by atoms with Crippen LogP contribution in [0.3, 0.4) is 0 Å². The van der Waals surface area contributed by atoms with E-state index >= 15 is 0 Å². The molecule has 0 spiro atoms. The Balaban J connectivity index is 2.09. The van der Waals surface area contributed by atoms with Gasteiger partial charge in [0.1, 0.15) is 5.82 Å². The Bertz CT molecular complexity index is 496. The molecule has 0 aliphatic heterocycles. The number of benzene rings is 1. The van der Waals surface area contributed by atoms with Crippen molar-refractivity contribution < 1.29 is 8.91 Å². The highest BCUT2D eigenvalue weighted by Gasteiger charge is 2.10. The van der Waals surface area contributed by atoms with Crippen LogP contribution < -0.4 is 5.73 Å². The van der Waals surface area contributed by atoms with Crippen molar-refractivity contribution in [3.8, 4) is 0 Å². The van der Waals surface area contributed by atoms with Gasteiger partial charge in [-0.3, -0.25) is 0 Å². The van der Waals surface area contributed by atoms with E-state index in [2.05, 4.69) is 10.1 Å². The van der Waals surface area contributed by atoms with Gasteiger partial charge in [0.2, 0.25) is 5.89 Å². The molecule has 4 nitrogen and oxygen atoms in total. The summed E-state index contributed by atoms with van der Waals surface area (Å²) in [5.74, 6) is 0.711. The predicted molar refractivity (Wildman–Crippen MR) is 60.9 cm³/mol. The third-order valence-corrected chi connectivity index (χ3v) is 2.31. The third kappa shape index (κ3) is 3.10. The second kappa shape index (κ2) is 5.05. The van der Waals surface area contributed by atoms with Gasteiger partial charge in [-0.25, -0.2) is 4.39 Å². The Morgan fingerprint density at radius 1 is 1.41 bits per heavy atom. The Morgan fingerprint density at radius 3 is 2.88 bits per heavy atom. The first-order valence-electron chi connectivity index (χ1n) is 5.45. The number of hydrogen-bond donors (Lipinski definition) is 1. The molecule has 1 heterocycles. The molecule has 0 fully saturated rings. The summed E-state index contributed by atoms with van der Waals surface area (Å²) in [6.45, 7) is 1.86. The number of aromatic nitrogens is 2. The third-order valence-electron chi connectivity index (χ3n) is 2.31. The molecule has 1 aromatic carbocycles. The molecule has 1 aromatic heterocycles. The van der Waals surface area contributed by atoms with Gasteiger partial charge in [-0.1, -0.05) is 23.4 Å². The lowest BCUT2D eigenvalue weighted by atomic mass is 10.1. The summed E-state index contributed by atoms with van der Waals surface area (Å²) in [5, 5.41) is 3.80. The van der Waals surface area contributed by atoms with E-state index in [1.54, 1.807) is 18.2 Å². The van der Waals surface area contributed by atoms with Gasteiger partial charge >= 0.3 is 0 Å². The van der Waals surface area contributed by atoms with Crippen LogP contribution in [0.4, 0.5) is 4.39 Å². The molecular weight excluding hydrogens is 221 g/mol. The molecule has 0 radical (unpaired) electrons. The molecule has 1 atom stereocenters. The zero-order valence-electron chi connectivity index (χ0n) is 9.56. The number of rotatable bonds is 4. The van der Waals surface area contributed by atoms with E-state index in [4.69, 9.17) is 10.3 Å². The highest BCUT2D eigenvalue weighted by Crippen LogP contribution is 2.11. The van der Waals surface area contributed by atoms with Gasteiger partial charge in [0.25, 0.3) is 0 Å². The average molecular weight is 235 g/mol. The number of hydrogen-bond acceptors (Lipinski definition) is 4. The van der Waals surface area contributed by atoms with Crippen molar-refractivity contribution in [3.63, 3.8) is 0 Å². The van der Waals surface area contributed by atoms with E-state index in [0.717, 1.165) is 0 Å². The second-order valence-electron chi connectivity index (χ2n) is 4.05. The Labute approximate surface area is 98.6 Å². The molecule has 2 N–H and O–H groups in total. The van der Waals surface area contributed by atoms with Crippen molar-refractivity contribution in [2.75, 3.05) is 0 Å². The van der Waals surface area contributed by atoms with Crippen molar-refractivity contribution in [2.24, 2.45) is 5.73 Å². The van der Waals surface area contributed by atoms with E-state index in [1.807, 2.05) is 6.92 Å². The zero-order valence-corrected chi connectivity index (χ0v) is 9.56.